The molecule has 0 spiro atoms. The molecule has 20 heavy (non-hydrogen) atoms. The highest BCUT2D eigenvalue weighted by molar-refractivity contribution is 6.30. The Morgan fingerprint density at radius 1 is 1.55 bits per heavy atom. The summed E-state index contributed by atoms with van der Waals surface area (Å²) in [6.07, 6.45) is 0. The number of carbonyl (C=O) groups excluding carboxylic acids is 1. The van der Waals surface area contributed by atoms with Gasteiger partial charge >= 0.3 is 5.97 Å². The van der Waals surface area contributed by atoms with E-state index in [1.54, 1.807) is 13.8 Å². The SMILES string of the molecule is CCOC(=O)c1nc(C)n(-c2ccc(F)c(Cl)c2)c1N. The molecule has 2 N–H and O–H groups in total. The molecule has 5 nitrogen and oxygen atoms in total. The Balaban J connectivity index is 2.52. The summed E-state index contributed by atoms with van der Waals surface area (Å²) in [7, 11) is 0. The molecule has 1 aromatic heterocycles. The Hall–Kier alpha value is -2.08. The Labute approximate surface area is 120 Å². The van der Waals surface area contributed by atoms with Crippen molar-refractivity contribution in [3.8, 4) is 5.69 Å². The lowest BCUT2D eigenvalue weighted by molar-refractivity contribution is 0.0521. The van der Waals surface area contributed by atoms with Crippen molar-refractivity contribution in [1.82, 2.24) is 9.55 Å². The van der Waals surface area contributed by atoms with Gasteiger partial charge in [-0.25, -0.2) is 14.2 Å². The van der Waals surface area contributed by atoms with Crippen molar-refractivity contribution in [2.45, 2.75) is 13.8 Å². The minimum absolute atomic E-state index is 0.0322. The van der Waals surface area contributed by atoms with Crippen LogP contribution in [0.3, 0.4) is 0 Å². The quantitative estimate of drug-likeness (QED) is 0.884. The van der Waals surface area contributed by atoms with Gasteiger partial charge in [0.25, 0.3) is 0 Å². The van der Waals surface area contributed by atoms with E-state index in [1.807, 2.05) is 0 Å². The van der Waals surface area contributed by atoms with Gasteiger partial charge in [0.2, 0.25) is 0 Å². The summed E-state index contributed by atoms with van der Waals surface area (Å²) in [5, 5.41) is -0.0346. The van der Waals surface area contributed by atoms with Gasteiger partial charge < -0.3 is 10.5 Å². The molecular weight excluding hydrogens is 285 g/mol. The third kappa shape index (κ3) is 2.46. The van der Waals surface area contributed by atoms with Crippen LogP contribution in [0.2, 0.25) is 5.02 Å². The molecule has 0 bridgehead atoms. The highest BCUT2D eigenvalue weighted by Crippen LogP contribution is 2.24. The predicted molar refractivity (Wildman–Crippen MR) is 73.6 cm³/mol. The molecule has 1 heterocycles. The number of nitrogen functional groups attached to an aromatic ring is 1. The molecular formula is C13H13ClFN3O2. The fraction of sp³-hybridized carbons (Fsp3) is 0.231. The van der Waals surface area contributed by atoms with Crippen molar-refractivity contribution in [2.24, 2.45) is 0 Å². The number of nitrogens with two attached hydrogens (primary N) is 1. The van der Waals surface area contributed by atoms with Gasteiger partial charge in [-0.05, 0) is 32.0 Å². The number of carbonyl (C=O) groups is 1. The highest BCUT2D eigenvalue weighted by atomic mass is 35.5. The monoisotopic (exact) mass is 297 g/mol. The number of rotatable bonds is 3. The molecule has 0 atom stereocenters. The summed E-state index contributed by atoms with van der Waals surface area (Å²) in [6, 6.07) is 4.14. The molecule has 7 heteroatoms. The topological polar surface area (TPSA) is 70.1 Å². The zero-order chi connectivity index (χ0) is 14.9. The maximum atomic E-state index is 13.2. The second-order valence-electron chi connectivity index (χ2n) is 4.05. The fourth-order valence-electron chi connectivity index (χ4n) is 1.85. The van der Waals surface area contributed by atoms with Crippen LogP contribution in [0.25, 0.3) is 5.69 Å². The second kappa shape index (κ2) is 5.50. The molecule has 2 rings (SSSR count). The van der Waals surface area contributed by atoms with Crippen LogP contribution in [-0.4, -0.2) is 22.1 Å². The van der Waals surface area contributed by atoms with Gasteiger partial charge in [0.05, 0.1) is 17.3 Å². The van der Waals surface area contributed by atoms with Crippen LogP contribution in [0.1, 0.15) is 23.2 Å². The number of ether oxygens (including phenoxy) is 1. The largest absolute Gasteiger partial charge is 0.461 e. The Morgan fingerprint density at radius 2 is 2.25 bits per heavy atom. The molecule has 0 aliphatic carbocycles. The van der Waals surface area contributed by atoms with E-state index < -0.39 is 11.8 Å². The Kier molecular flexibility index (Phi) is 3.94. The van der Waals surface area contributed by atoms with Crippen molar-refractivity contribution in [1.29, 1.82) is 0 Å². The molecule has 2 aromatic rings. The van der Waals surface area contributed by atoms with E-state index >= 15 is 0 Å². The van der Waals surface area contributed by atoms with Gasteiger partial charge in [-0.1, -0.05) is 11.6 Å². The van der Waals surface area contributed by atoms with Crippen LogP contribution in [-0.2, 0) is 4.74 Å². The first-order chi connectivity index (χ1) is 9.45. The maximum absolute atomic E-state index is 13.2. The average molecular weight is 298 g/mol. The summed E-state index contributed by atoms with van der Waals surface area (Å²) >= 11 is 5.75. The number of halogens is 2. The van der Waals surface area contributed by atoms with Gasteiger partial charge in [0.15, 0.2) is 5.69 Å². The third-order valence-electron chi connectivity index (χ3n) is 2.71. The van der Waals surface area contributed by atoms with Gasteiger partial charge in [-0.3, -0.25) is 4.57 Å². The third-order valence-corrected chi connectivity index (χ3v) is 3.00. The summed E-state index contributed by atoms with van der Waals surface area (Å²) in [4.78, 5) is 15.8. The number of benzene rings is 1. The van der Waals surface area contributed by atoms with Gasteiger partial charge in [-0.15, -0.1) is 0 Å². The Morgan fingerprint density at radius 3 is 2.85 bits per heavy atom. The number of esters is 1. The number of hydrogen-bond donors (Lipinski definition) is 1. The average Bonchev–Trinajstić information content (AvgIpc) is 2.69. The second-order valence-corrected chi connectivity index (χ2v) is 4.45. The molecule has 0 aliphatic rings. The summed E-state index contributed by atoms with van der Waals surface area (Å²) in [5.74, 6) is -0.519. The van der Waals surface area contributed by atoms with E-state index in [0.29, 0.717) is 11.5 Å². The van der Waals surface area contributed by atoms with E-state index in [0.717, 1.165) is 0 Å². The number of nitrogens with zero attached hydrogens (tertiary/aromatic N) is 2. The normalized spacial score (nSPS) is 10.6. The van der Waals surface area contributed by atoms with Crippen LogP contribution in [0.15, 0.2) is 18.2 Å². The van der Waals surface area contributed by atoms with Crippen LogP contribution in [0.4, 0.5) is 10.2 Å². The predicted octanol–water partition coefficient (Wildman–Crippen LogP) is 2.73. The molecule has 0 unspecified atom stereocenters. The summed E-state index contributed by atoms with van der Waals surface area (Å²) in [5.41, 5.74) is 6.47. The number of hydrogen-bond acceptors (Lipinski definition) is 4. The first-order valence-corrected chi connectivity index (χ1v) is 6.30. The standard InChI is InChI=1S/C13H13ClFN3O2/c1-3-20-13(19)11-12(16)18(7(2)17-11)8-4-5-10(15)9(14)6-8/h4-6H,3,16H2,1-2H3. The van der Waals surface area contributed by atoms with Crippen molar-refractivity contribution in [2.75, 3.05) is 12.3 Å². The first kappa shape index (κ1) is 14.3. The van der Waals surface area contributed by atoms with Crippen LogP contribution >= 0.6 is 11.6 Å². The van der Waals surface area contributed by atoms with Crippen molar-refractivity contribution >= 4 is 23.4 Å². The van der Waals surface area contributed by atoms with E-state index in [2.05, 4.69) is 4.98 Å². The summed E-state index contributed by atoms with van der Waals surface area (Å²) < 4.78 is 19.6. The molecule has 106 valence electrons. The summed E-state index contributed by atoms with van der Waals surface area (Å²) in [6.45, 7) is 3.60. The molecule has 0 saturated carbocycles. The van der Waals surface area contributed by atoms with E-state index in [1.165, 1.54) is 22.8 Å². The van der Waals surface area contributed by atoms with Gasteiger partial charge in [0, 0.05) is 0 Å². The lowest BCUT2D eigenvalue weighted by Crippen LogP contribution is -2.09. The van der Waals surface area contributed by atoms with Crippen LogP contribution in [0, 0.1) is 12.7 Å². The highest BCUT2D eigenvalue weighted by Gasteiger charge is 2.20. The first-order valence-electron chi connectivity index (χ1n) is 5.93. The molecule has 0 fully saturated rings. The zero-order valence-corrected chi connectivity index (χ0v) is 11.7. The van der Waals surface area contributed by atoms with Crippen molar-refractivity contribution < 1.29 is 13.9 Å². The van der Waals surface area contributed by atoms with Crippen LogP contribution < -0.4 is 5.73 Å². The lowest BCUT2D eigenvalue weighted by Gasteiger charge is -2.08. The van der Waals surface area contributed by atoms with E-state index in [4.69, 9.17) is 22.1 Å². The van der Waals surface area contributed by atoms with Crippen molar-refractivity contribution in [3.63, 3.8) is 0 Å². The molecule has 0 saturated heterocycles. The molecule has 0 aliphatic heterocycles. The number of anilines is 1. The van der Waals surface area contributed by atoms with E-state index in [9.17, 15) is 9.18 Å². The van der Waals surface area contributed by atoms with Gasteiger partial charge in [-0.2, -0.15) is 0 Å². The van der Waals surface area contributed by atoms with Crippen LogP contribution in [0.5, 0.6) is 0 Å². The van der Waals surface area contributed by atoms with Gasteiger partial charge in [0.1, 0.15) is 17.5 Å². The number of aryl methyl sites for hydroxylation is 1. The maximum Gasteiger partial charge on any atom is 0.360 e. The Bertz CT molecular complexity index is 670. The lowest BCUT2D eigenvalue weighted by atomic mass is 10.3. The zero-order valence-electron chi connectivity index (χ0n) is 11.0. The molecule has 0 radical (unpaired) electrons. The minimum atomic E-state index is -0.597. The molecule has 1 aromatic carbocycles. The minimum Gasteiger partial charge on any atom is -0.461 e. The number of aromatic nitrogens is 2. The smallest absolute Gasteiger partial charge is 0.360 e. The fourth-order valence-corrected chi connectivity index (χ4v) is 2.02. The van der Waals surface area contributed by atoms with Crippen molar-refractivity contribution in [3.05, 3.63) is 40.6 Å². The molecule has 0 amide bonds. The van der Waals surface area contributed by atoms with E-state index in [-0.39, 0.29) is 23.1 Å². The number of imidazole rings is 1.